The second-order valence-electron chi connectivity index (χ2n) is 7.26. The third kappa shape index (κ3) is 4.74. The average Bonchev–Trinajstić information content (AvgIpc) is 3.13. The third-order valence-electron chi connectivity index (χ3n) is 5.02. The third-order valence-corrected chi connectivity index (χ3v) is 5.64. The lowest BCUT2D eigenvalue weighted by Gasteiger charge is -2.09. The van der Waals surface area contributed by atoms with E-state index in [1.54, 1.807) is 59.3 Å². The molecule has 0 saturated carbocycles. The molecule has 0 aliphatic carbocycles. The topological polar surface area (TPSA) is 64.0 Å². The van der Waals surface area contributed by atoms with Crippen molar-refractivity contribution in [1.29, 1.82) is 0 Å². The zero-order chi connectivity index (χ0) is 22.7. The Labute approximate surface area is 195 Å². The van der Waals surface area contributed by atoms with Crippen LogP contribution in [0, 0.1) is 6.92 Å². The molecule has 0 spiro atoms. The Morgan fingerprint density at radius 3 is 2.28 bits per heavy atom. The summed E-state index contributed by atoms with van der Waals surface area (Å²) in [5.41, 5.74) is 2.82. The van der Waals surface area contributed by atoms with Gasteiger partial charge in [-0.2, -0.15) is 5.10 Å². The summed E-state index contributed by atoms with van der Waals surface area (Å²) in [6, 6.07) is 22.6. The molecular formula is C25H19Cl2N3O2. The molecule has 0 atom stereocenters. The lowest BCUT2D eigenvalue weighted by molar-refractivity contribution is 0.0996. The van der Waals surface area contributed by atoms with E-state index in [4.69, 9.17) is 23.2 Å². The minimum absolute atomic E-state index is 0.257. The first-order valence-electron chi connectivity index (χ1n) is 9.91. The van der Waals surface area contributed by atoms with Gasteiger partial charge in [0.25, 0.3) is 5.91 Å². The highest BCUT2D eigenvalue weighted by molar-refractivity contribution is 6.31. The maximum Gasteiger partial charge on any atom is 0.257 e. The van der Waals surface area contributed by atoms with E-state index in [1.165, 1.54) is 0 Å². The highest BCUT2D eigenvalue weighted by atomic mass is 35.5. The summed E-state index contributed by atoms with van der Waals surface area (Å²) in [7, 11) is 0. The van der Waals surface area contributed by atoms with Gasteiger partial charge >= 0.3 is 0 Å². The number of halogens is 2. The van der Waals surface area contributed by atoms with Gasteiger partial charge in [0.2, 0.25) is 0 Å². The predicted octanol–water partition coefficient (Wildman–Crippen LogP) is 6.03. The molecular weight excluding hydrogens is 445 g/mol. The van der Waals surface area contributed by atoms with E-state index in [0.717, 1.165) is 11.3 Å². The van der Waals surface area contributed by atoms with E-state index in [-0.39, 0.29) is 11.3 Å². The number of carbonyl (C=O) groups excluding carboxylic acids is 2. The molecule has 0 fully saturated rings. The first-order valence-corrected chi connectivity index (χ1v) is 10.7. The monoisotopic (exact) mass is 463 g/mol. The largest absolute Gasteiger partial charge is 0.305 e. The molecule has 0 bridgehead atoms. The minimum atomic E-state index is -0.412. The molecule has 0 aliphatic heterocycles. The van der Waals surface area contributed by atoms with Crippen LogP contribution in [0.4, 0.5) is 5.82 Å². The van der Waals surface area contributed by atoms with Crippen molar-refractivity contribution in [3.05, 3.63) is 117 Å². The first kappa shape index (κ1) is 21.8. The molecule has 4 aromatic rings. The number of aryl methyl sites for hydroxylation is 1. The average molecular weight is 464 g/mol. The molecule has 0 unspecified atom stereocenters. The van der Waals surface area contributed by atoms with Crippen LogP contribution in [-0.2, 0) is 6.54 Å². The number of aromatic nitrogens is 2. The number of anilines is 1. The molecule has 1 N–H and O–H groups in total. The van der Waals surface area contributed by atoms with Gasteiger partial charge in [-0.1, -0.05) is 59.6 Å². The second kappa shape index (κ2) is 9.39. The SMILES string of the molecule is Cc1cc(NC(=O)c2ccccc2C(=O)c2ccc(Cl)cc2)nn1Cc1ccccc1Cl. The zero-order valence-corrected chi connectivity index (χ0v) is 18.7. The fourth-order valence-electron chi connectivity index (χ4n) is 3.34. The van der Waals surface area contributed by atoms with E-state index in [1.807, 2.05) is 31.2 Å². The number of nitrogens with one attached hydrogen (secondary N) is 1. The number of hydrogen-bond donors (Lipinski definition) is 1. The van der Waals surface area contributed by atoms with E-state index in [9.17, 15) is 9.59 Å². The fraction of sp³-hybridized carbons (Fsp3) is 0.0800. The molecule has 160 valence electrons. The summed E-state index contributed by atoms with van der Waals surface area (Å²) >= 11 is 12.2. The standard InChI is InChI=1S/C25H19Cl2N3O2/c1-16-14-23(29-30(16)15-18-6-2-5-9-22(18)27)28-25(32)21-8-4-3-7-20(21)24(31)17-10-12-19(26)13-11-17/h2-14H,15H2,1H3,(H,28,29,32). The number of rotatable bonds is 6. The number of hydrogen-bond acceptors (Lipinski definition) is 3. The lowest BCUT2D eigenvalue weighted by Crippen LogP contribution is -2.17. The molecule has 32 heavy (non-hydrogen) atoms. The van der Waals surface area contributed by atoms with Crippen molar-refractivity contribution in [2.24, 2.45) is 0 Å². The summed E-state index contributed by atoms with van der Waals surface area (Å²) in [5, 5.41) is 8.47. The van der Waals surface area contributed by atoms with E-state index < -0.39 is 5.91 Å². The van der Waals surface area contributed by atoms with Crippen molar-refractivity contribution in [2.45, 2.75) is 13.5 Å². The molecule has 1 aromatic heterocycles. The summed E-state index contributed by atoms with van der Waals surface area (Å²) in [4.78, 5) is 26.0. The van der Waals surface area contributed by atoms with Crippen LogP contribution in [0.15, 0.2) is 78.9 Å². The molecule has 3 aromatic carbocycles. The van der Waals surface area contributed by atoms with Gasteiger partial charge in [0, 0.05) is 32.9 Å². The first-order chi connectivity index (χ1) is 15.4. The van der Waals surface area contributed by atoms with Gasteiger partial charge in [0.05, 0.1) is 12.1 Å². The Kier molecular flexibility index (Phi) is 6.40. The van der Waals surface area contributed by atoms with Crippen LogP contribution in [0.25, 0.3) is 0 Å². The van der Waals surface area contributed by atoms with Crippen LogP contribution >= 0.6 is 23.2 Å². The van der Waals surface area contributed by atoms with Crippen LogP contribution in [0.1, 0.15) is 37.5 Å². The molecule has 0 aliphatic rings. The Balaban J connectivity index is 1.56. The van der Waals surface area contributed by atoms with E-state index >= 15 is 0 Å². The van der Waals surface area contributed by atoms with E-state index in [0.29, 0.717) is 33.5 Å². The van der Waals surface area contributed by atoms with Gasteiger partial charge in [0.15, 0.2) is 11.6 Å². The van der Waals surface area contributed by atoms with Crippen molar-refractivity contribution in [3.8, 4) is 0 Å². The van der Waals surface area contributed by atoms with Gasteiger partial charge in [-0.25, -0.2) is 0 Å². The van der Waals surface area contributed by atoms with Crippen LogP contribution in [0.2, 0.25) is 10.0 Å². The molecule has 5 nitrogen and oxygen atoms in total. The molecule has 4 rings (SSSR count). The lowest BCUT2D eigenvalue weighted by atomic mass is 9.98. The normalized spacial score (nSPS) is 10.7. The highest BCUT2D eigenvalue weighted by Gasteiger charge is 2.19. The summed E-state index contributed by atoms with van der Waals surface area (Å²) in [6.45, 7) is 2.38. The number of carbonyl (C=O) groups is 2. The fourth-order valence-corrected chi connectivity index (χ4v) is 3.66. The van der Waals surface area contributed by atoms with Crippen LogP contribution in [0.5, 0.6) is 0 Å². The Morgan fingerprint density at radius 1 is 0.906 bits per heavy atom. The van der Waals surface area contributed by atoms with Crippen LogP contribution in [-0.4, -0.2) is 21.5 Å². The smallest absolute Gasteiger partial charge is 0.257 e. The molecule has 1 amide bonds. The van der Waals surface area contributed by atoms with Crippen molar-refractivity contribution in [1.82, 2.24) is 9.78 Å². The molecule has 0 radical (unpaired) electrons. The quantitative estimate of drug-likeness (QED) is 0.355. The molecule has 7 heteroatoms. The van der Waals surface area contributed by atoms with E-state index in [2.05, 4.69) is 10.4 Å². The second-order valence-corrected chi connectivity index (χ2v) is 8.10. The van der Waals surface area contributed by atoms with Crippen LogP contribution in [0.3, 0.4) is 0 Å². The summed E-state index contributed by atoms with van der Waals surface area (Å²) in [6.07, 6.45) is 0. The summed E-state index contributed by atoms with van der Waals surface area (Å²) < 4.78 is 1.77. The highest BCUT2D eigenvalue weighted by Crippen LogP contribution is 2.20. The number of amides is 1. The Bertz CT molecular complexity index is 1300. The molecule has 0 saturated heterocycles. The molecule has 1 heterocycles. The van der Waals surface area contributed by atoms with Crippen molar-refractivity contribution in [3.63, 3.8) is 0 Å². The van der Waals surface area contributed by atoms with Gasteiger partial charge < -0.3 is 5.32 Å². The summed E-state index contributed by atoms with van der Waals surface area (Å²) in [5.74, 6) is -0.272. The minimum Gasteiger partial charge on any atom is -0.305 e. The Morgan fingerprint density at radius 2 is 1.56 bits per heavy atom. The van der Waals surface area contributed by atoms with Gasteiger partial charge in [-0.05, 0) is 48.9 Å². The predicted molar refractivity (Wildman–Crippen MR) is 127 cm³/mol. The van der Waals surface area contributed by atoms with Crippen molar-refractivity contribution < 1.29 is 9.59 Å². The van der Waals surface area contributed by atoms with Crippen LogP contribution < -0.4 is 5.32 Å². The number of ketones is 1. The maximum absolute atomic E-state index is 13.0. The van der Waals surface area contributed by atoms with Gasteiger partial charge in [0.1, 0.15) is 0 Å². The Hall–Kier alpha value is -3.41. The van der Waals surface area contributed by atoms with Gasteiger partial charge in [-0.15, -0.1) is 0 Å². The zero-order valence-electron chi connectivity index (χ0n) is 17.2. The number of benzene rings is 3. The maximum atomic E-state index is 13.0. The van der Waals surface area contributed by atoms with Gasteiger partial charge in [-0.3, -0.25) is 14.3 Å². The van der Waals surface area contributed by atoms with Crippen molar-refractivity contribution >= 4 is 40.7 Å². The van der Waals surface area contributed by atoms with Crippen molar-refractivity contribution in [2.75, 3.05) is 5.32 Å². The number of nitrogens with zero attached hydrogens (tertiary/aromatic N) is 2.